The second kappa shape index (κ2) is 4.13. The average Bonchev–Trinajstić information content (AvgIpc) is 2.39. The number of benzene rings is 1. The molecule has 0 heteroatoms. The Morgan fingerprint density at radius 2 is 1.88 bits per heavy atom. The summed E-state index contributed by atoms with van der Waals surface area (Å²) in [6, 6.07) is 10.9. The Morgan fingerprint density at radius 3 is 2.75 bits per heavy atom. The van der Waals surface area contributed by atoms with Gasteiger partial charge in [-0.15, -0.1) is 0 Å². The van der Waals surface area contributed by atoms with Gasteiger partial charge in [-0.1, -0.05) is 60.7 Å². The Bertz CT molecular complexity index is 448. The lowest BCUT2D eigenvalue weighted by Gasteiger charge is -2.31. The van der Waals surface area contributed by atoms with Crippen LogP contribution in [0.25, 0.3) is 0 Å². The van der Waals surface area contributed by atoms with E-state index >= 15 is 0 Å². The van der Waals surface area contributed by atoms with Crippen molar-refractivity contribution < 1.29 is 0 Å². The van der Waals surface area contributed by atoms with Crippen molar-refractivity contribution in [3.63, 3.8) is 0 Å². The molecule has 1 aromatic carbocycles. The summed E-state index contributed by atoms with van der Waals surface area (Å²) in [6.07, 6.45) is 13.8. The third-order valence-electron chi connectivity index (χ3n) is 3.62. The molecule has 80 valence electrons. The van der Waals surface area contributed by atoms with Crippen molar-refractivity contribution in [3.8, 4) is 0 Å². The van der Waals surface area contributed by atoms with E-state index in [0.29, 0.717) is 11.8 Å². The van der Waals surface area contributed by atoms with Gasteiger partial charge < -0.3 is 0 Å². The molecular formula is C16H16. The van der Waals surface area contributed by atoms with E-state index in [-0.39, 0.29) is 0 Å². The van der Waals surface area contributed by atoms with Gasteiger partial charge in [0, 0.05) is 5.92 Å². The van der Waals surface area contributed by atoms with Crippen LogP contribution in [0.15, 0.2) is 66.3 Å². The Balaban J connectivity index is 1.96. The van der Waals surface area contributed by atoms with Crippen molar-refractivity contribution in [1.29, 1.82) is 0 Å². The summed E-state index contributed by atoms with van der Waals surface area (Å²) in [4.78, 5) is 0. The molecule has 2 aliphatic carbocycles. The van der Waals surface area contributed by atoms with Gasteiger partial charge in [0.2, 0.25) is 0 Å². The Hall–Kier alpha value is -1.56. The number of hydrogen-bond donors (Lipinski definition) is 0. The molecule has 0 nitrogen and oxygen atoms in total. The molecule has 2 aliphatic rings. The maximum Gasteiger partial charge on any atom is 0.00867 e. The minimum absolute atomic E-state index is 0.598. The molecule has 0 bridgehead atoms. The summed E-state index contributed by atoms with van der Waals surface area (Å²) < 4.78 is 0. The molecule has 0 fully saturated rings. The Labute approximate surface area is 97.0 Å². The molecular weight excluding hydrogens is 192 g/mol. The zero-order valence-corrected chi connectivity index (χ0v) is 9.34. The predicted octanol–water partition coefficient (Wildman–Crippen LogP) is 4.23. The number of allylic oxidation sites excluding steroid dienone is 6. The summed E-state index contributed by atoms with van der Waals surface area (Å²) in [7, 11) is 0. The minimum Gasteiger partial charge on any atom is -0.0807 e. The second-order valence-electron chi connectivity index (χ2n) is 4.57. The molecule has 0 aromatic heterocycles. The zero-order valence-electron chi connectivity index (χ0n) is 9.34. The predicted molar refractivity (Wildman–Crippen MR) is 68.3 cm³/mol. The van der Waals surface area contributed by atoms with Gasteiger partial charge in [-0.2, -0.15) is 0 Å². The van der Waals surface area contributed by atoms with Gasteiger partial charge in [-0.25, -0.2) is 0 Å². The normalized spacial score (nSPS) is 27.4. The van der Waals surface area contributed by atoms with Crippen LogP contribution in [0, 0.1) is 5.92 Å². The van der Waals surface area contributed by atoms with Crippen LogP contribution in [0.3, 0.4) is 0 Å². The molecule has 16 heavy (non-hydrogen) atoms. The van der Waals surface area contributed by atoms with Crippen molar-refractivity contribution in [1.82, 2.24) is 0 Å². The van der Waals surface area contributed by atoms with Gasteiger partial charge in [0.05, 0.1) is 0 Å². The van der Waals surface area contributed by atoms with E-state index in [1.165, 1.54) is 24.0 Å². The number of fused-ring (bicyclic) bond motifs is 1. The molecule has 0 amide bonds. The highest BCUT2D eigenvalue weighted by Gasteiger charge is 2.26. The molecule has 0 radical (unpaired) electrons. The van der Waals surface area contributed by atoms with Crippen molar-refractivity contribution in [2.75, 3.05) is 0 Å². The summed E-state index contributed by atoms with van der Waals surface area (Å²) in [5.41, 5.74) is 2.99. The van der Waals surface area contributed by atoms with Gasteiger partial charge >= 0.3 is 0 Å². The van der Waals surface area contributed by atoms with Crippen molar-refractivity contribution in [2.45, 2.75) is 18.8 Å². The molecule has 2 atom stereocenters. The average molecular weight is 208 g/mol. The van der Waals surface area contributed by atoms with Crippen LogP contribution >= 0.6 is 0 Å². The van der Waals surface area contributed by atoms with Crippen LogP contribution in [-0.4, -0.2) is 0 Å². The fourth-order valence-corrected chi connectivity index (χ4v) is 2.83. The summed E-state index contributed by atoms with van der Waals surface area (Å²) in [5.74, 6) is 1.27. The van der Waals surface area contributed by atoms with E-state index in [2.05, 4.69) is 60.7 Å². The first-order valence-electron chi connectivity index (χ1n) is 6.05. The summed E-state index contributed by atoms with van der Waals surface area (Å²) in [6.45, 7) is 0. The highest BCUT2D eigenvalue weighted by Crippen LogP contribution is 2.40. The van der Waals surface area contributed by atoms with Crippen molar-refractivity contribution in [3.05, 3.63) is 71.8 Å². The van der Waals surface area contributed by atoms with Gasteiger partial charge in [-0.05, 0) is 29.9 Å². The monoisotopic (exact) mass is 208 g/mol. The first kappa shape index (κ1) is 9.65. The van der Waals surface area contributed by atoms with Crippen LogP contribution < -0.4 is 0 Å². The quantitative estimate of drug-likeness (QED) is 0.647. The van der Waals surface area contributed by atoms with Crippen molar-refractivity contribution in [2.24, 2.45) is 5.92 Å². The zero-order chi connectivity index (χ0) is 10.8. The molecule has 0 saturated carbocycles. The standard InChI is InChI=1S/C16H16/c1-2-7-13(8-3-1)16-12-6-10-14-9-4-5-11-15(14)16/h1-5,7-11,15-16H,6,12H2/t15-,16+/m1/s1. The van der Waals surface area contributed by atoms with E-state index in [9.17, 15) is 0 Å². The van der Waals surface area contributed by atoms with Crippen LogP contribution in [0.1, 0.15) is 24.3 Å². The van der Waals surface area contributed by atoms with Gasteiger partial charge in [-0.3, -0.25) is 0 Å². The van der Waals surface area contributed by atoms with E-state index in [1.54, 1.807) is 0 Å². The minimum atomic E-state index is 0.598. The molecule has 0 unspecified atom stereocenters. The van der Waals surface area contributed by atoms with Crippen LogP contribution in [0.5, 0.6) is 0 Å². The lowest BCUT2D eigenvalue weighted by atomic mass is 9.73. The molecule has 1 aromatic rings. The molecule has 3 rings (SSSR count). The van der Waals surface area contributed by atoms with Gasteiger partial charge in [0.1, 0.15) is 0 Å². The second-order valence-corrected chi connectivity index (χ2v) is 4.57. The summed E-state index contributed by atoms with van der Waals surface area (Å²) in [5, 5.41) is 0. The highest BCUT2D eigenvalue weighted by atomic mass is 14.3. The highest BCUT2D eigenvalue weighted by molar-refractivity contribution is 5.39. The fraction of sp³-hybridized carbons (Fsp3) is 0.250. The lowest BCUT2D eigenvalue weighted by molar-refractivity contribution is 0.511. The largest absolute Gasteiger partial charge is 0.0807 e. The Morgan fingerprint density at radius 1 is 1.00 bits per heavy atom. The van der Waals surface area contributed by atoms with E-state index in [4.69, 9.17) is 0 Å². The first-order valence-corrected chi connectivity index (χ1v) is 6.05. The topological polar surface area (TPSA) is 0 Å². The van der Waals surface area contributed by atoms with Crippen LogP contribution in [0.2, 0.25) is 0 Å². The third kappa shape index (κ3) is 1.65. The van der Waals surface area contributed by atoms with E-state index in [0.717, 1.165) is 0 Å². The van der Waals surface area contributed by atoms with Gasteiger partial charge in [0.25, 0.3) is 0 Å². The maximum absolute atomic E-state index is 2.39. The molecule has 0 aliphatic heterocycles. The van der Waals surface area contributed by atoms with E-state index in [1.807, 2.05) is 0 Å². The molecule has 0 spiro atoms. The molecule has 0 saturated heterocycles. The number of rotatable bonds is 1. The van der Waals surface area contributed by atoms with Gasteiger partial charge in [0.15, 0.2) is 0 Å². The SMILES string of the molecule is C1=CC2=CCC[C@@H](c3ccccc3)[C@@H]2C=C1. The Kier molecular flexibility index (Phi) is 2.49. The number of hydrogen-bond acceptors (Lipinski definition) is 0. The molecule has 0 heterocycles. The van der Waals surface area contributed by atoms with Crippen LogP contribution in [0.4, 0.5) is 0 Å². The fourth-order valence-electron chi connectivity index (χ4n) is 2.83. The van der Waals surface area contributed by atoms with E-state index < -0.39 is 0 Å². The first-order chi connectivity index (χ1) is 7.95. The summed E-state index contributed by atoms with van der Waals surface area (Å²) >= 11 is 0. The van der Waals surface area contributed by atoms with Crippen molar-refractivity contribution >= 4 is 0 Å². The molecule has 0 N–H and O–H groups in total. The smallest absolute Gasteiger partial charge is 0.00867 e. The lowest BCUT2D eigenvalue weighted by Crippen LogP contribution is -2.17. The third-order valence-corrected chi connectivity index (χ3v) is 3.62. The van der Waals surface area contributed by atoms with Crippen LogP contribution in [-0.2, 0) is 0 Å². The maximum atomic E-state index is 2.39.